The normalized spacial score (nSPS) is 30.6. The Morgan fingerprint density at radius 2 is 1.67 bits per heavy atom. The number of nitrogens with one attached hydrogen (secondary N) is 1. The second-order valence-electron chi connectivity index (χ2n) is 6.03. The zero-order valence-corrected chi connectivity index (χ0v) is 11.5. The van der Waals surface area contributed by atoms with Crippen LogP contribution in [0.1, 0.15) is 45.4 Å². The van der Waals surface area contributed by atoms with Crippen molar-refractivity contribution < 1.29 is 4.79 Å². The van der Waals surface area contributed by atoms with Crippen LogP contribution in [0.25, 0.3) is 0 Å². The van der Waals surface area contributed by atoms with Crippen LogP contribution in [-0.4, -0.2) is 42.5 Å². The topological polar surface area (TPSA) is 58.4 Å². The van der Waals surface area contributed by atoms with Gasteiger partial charge in [0.2, 0.25) is 5.91 Å². The van der Waals surface area contributed by atoms with Gasteiger partial charge in [-0.05, 0) is 57.5 Å². The number of hydrogen-bond acceptors (Lipinski definition) is 3. The van der Waals surface area contributed by atoms with Crippen LogP contribution in [0.5, 0.6) is 0 Å². The van der Waals surface area contributed by atoms with Crippen LogP contribution in [0, 0.1) is 5.92 Å². The summed E-state index contributed by atoms with van der Waals surface area (Å²) in [5.74, 6) is 0.678. The van der Waals surface area contributed by atoms with Gasteiger partial charge in [0.05, 0.1) is 6.54 Å². The maximum atomic E-state index is 11.3. The van der Waals surface area contributed by atoms with E-state index < -0.39 is 0 Å². The molecule has 0 bridgehead atoms. The fraction of sp³-hybridized carbons (Fsp3) is 0.929. The monoisotopic (exact) mass is 253 g/mol. The molecule has 18 heavy (non-hydrogen) atoms. The first kappa shape index (κ1) is 13.8. The average Bonchev–Trinajstić information content (AvgIpc) is 2.38. The predicted octanol–water partition coefficient (Wildman–Crippen LogP) is 1.10. The molecule has 2 aliphatic rings. The Hall–Kier alpha value is -0.610. The number of amides is 1. The lowest BCUT2D eigenvalue weighted by Gasteiger charge is -2.42. The molecule has 0 aromatic heterocycles. The SMILES string of the molecule is CC1CCC(N(CC(N)=O)C2CCNCC2)CC1. The standard InChI is InChI=1S/C14H27N3O/c1-11-2-4-12(5-3-11)17(10-14(15)18)13-6-8-16-9-7-13/h11-13,16H,2-10H2,1H3,(H2,15,18). The number of piperidine rings is 1. The van der Waals surface area contributed by atoms with E-state index in [0.717, 1.165) is 31.8 Å². The zero-order valence-electron chi connectivity index (χ0n) is 11.5. The summed E-state index contributed by atoms with van der Waals surface area (Å²) in [6.45, 7) is 4.93. The van der Waals surface area contributed by atoms with Gasteiger partial charge >= 0.3 is 0 Å². The van der Waals surface area contributed by atoms with Gasteiger partial charge in [0.15, 0.2) is 0 Å². The molecule has 0 aromatic rings. The van der Waals surface area contributed by atoms with Crippen molar-refractivity contribution in [2.45, 2.75) is 57.5 Å². The lowest BCUT2D eigenvalue weighted by atomic mass is 9.85. The summed E-state index contributed by atoms with van der Waals surface area (Å²) in [5, 5.41) is 3.39. The van der Waals surface area contributed by atoms with Crippen LogP contribution >= 0.6 is 0 Å². The quantitative estimate of drug-likeness (QED) is 0.789. The Kier molecular flexibility index (Phi) is 5.01. The molecule has 2 rings (SSSR count). The van der Waals surface area contributed by atoms with Crippen molar-refractivity contribution in [2.24, 2.45) is 11.7 Å². The molecule has 1 heterocycles. The maximum absolute atomic E-state index is 11.3. The molecule has 0 atom stereocenters. The van der Waals surface area contributed by atoms with Crippen molar-refractivity contribution in [3.05, 3.63) is 0 Å². The minimum absolute atomic E-state index is 0.174. The third-order valence-corrected chi connectivity index (χ3v) is 4.57. The van der Waals surface area contributed by atoms with Crippen LogP contribution in [0.4, 0.5) is 0 Å². The Morgan fingerprint density at radius 1 is 1.11 bits per heavy atom. The summed E-state index contributed by atoms with van der Waals surface area (Å²) < 4.78 is 0. The molecule has 0 radical (unpaired) electrons. The van der Waals surface area contributed by atoms with Crippen molar-refractivity contribution in [3.63, 3.8) is 0 Å². The summed E-state index contributed by atoms with van der Waals surface area (Å²) in [6.07, 6.45) is 7.37. The fourth-order valence-electron chi connectivity index (χ4n) is 3.45. The number of nitrogens with two attached hydrogens (primary N) is 1. The zero-order chi connectivity index (χ0) is 13.0. The van der Waals surface area contributed by atoms with Crippen molar-refractivity contribution in [2.75, 3.05) is 19.6 Å². The number of primary amides is 1. The second kappa shape index (κ2) is 6.53. The van der Waals surface area contributed by atoms with Gasteiger partial charge < -0.3 is 11.1 Å². The maximum Gasteiger partial charge on any atom is 0.231 e. The molecule has 1 aliphatic heterocycles. The first-order valence-electron chi connectivity index (χ1n) is 7.41. The highest BCUT2D eigenvalue weighted by molar-refractivity contribution is 5.76. The average molecular weight is 253 g/mol. The second-order valence-corrected chi connectivity index (χ2v) is 6.03. The Morgan fingerprint density at radius 3 is 2.22 bits per heavy atom. The predicted molar refractivity (Wildman–Crippen MR) is 73.2 cm³/mol. The largest absolute Gasteiger partial charge is 0.369 e. The molecule has 1 saturated carbocycles. The van der Waals surface area contributed by atoms with E-state index in [2.05, 4.69) is 17.1 Å². The van der Waals surface area contributed by atoms with E-state index in [1.54, 1.807) is 0 Å². The van der Waals surface area contributed by atoms with Gasteiger partial charge in [-0.3, -0.25) is 9.69 Å². The molecule has 1 amide bonds. The van der Waals surface area contributed by atoms with Crippen molar-refractivity contribution in [1.29, 1.82) is 0 Å². The van der Waals surface area contributed by atoms with Crippen molar-refractivity contribution in [3.8, 4) is 0 Å². The molecular formula is C14H27N3O. The minimum atomic E-state index is -0.174. The van der Waals surface area contributed by atoms with Crippen LogP contribution in [-0.2, 0) is 4.79 Å². The third kappa shape index (κ3) is 3.69. The summed E-state index contributed by atoms with van der Waals surface area (Å²) in [6, 6.07) is 1.13. The van der Waals surface area contributed by atoms with Crippen LogP contribution in [0.15, 0.2) is 0 Å². The first-order chi connectivity index (χ1) is 8.66. The van der Waals surface area contributed by atoms with Crippen molar-refractivity contribution in [1.82, 2.24) is 10.2 Å². The summed E-state index contributed by atoms with van der Waals surface area (Å²) in [7, 11) is 0. The highest BCUT2D eigenvalue weighted by atomic mass is 16.1. The molecule has 4 nitrogen and oxygen atoms in total. The van der Waals surface area contributed by atoms with E-state index in [4.69, 9.17) is 5.73 Å². The van der Waals surface area contributed by atoms with Gasteiger partial charge in [-0.2, -0.15) is 0 Å². The van der Waals surface area contributed by atoms with E-state index in [1.165, 1.54) is 25.7 Å². The lowest BCUT2D eigenvalue weighted by molar-refractivity contribution is -0.120. The van der Waals surface area contributed by atoms with Gasteiger partial charge in [0, 0.05) is 12.1 Å². The summed E-state index contributed by atoms with van der Waals surface area (Å²) >= 11 is 0. The highest BCUT2D eigenvalue weighted by Gasteiger charge is 2.30. The van der Waals surface area contributed by atoms with E-state index in [-0.39, 0.29) is 5.91 Å². The fourth-order valence-corrected chi connectivity index (χ4v) is 3.45. The summed E-state index contributed by atoms with van der Waals surface area (Å²) in [4.78, 5) is 13.7. The van der Waals surface area contributed by atoms with E-state index in [9.17, 15) is 4.79 Å². The first-order valence-corrected chi connectivity index (χ1v) is 7.41. The summed E-state index contributed by atoms with van der Waals surface area (Å²) in [5.41, 5.74) is 5.44. The molecule has 4 heteroatoms. The third-order valence-electron chi connectivity index (χ3n) is 4.57. The van der Waals surface area contributed by atoms with E-state index in [0.29, 0.717) is 18.6 Å². The van der Waals surface area contributed by atoms with Crippen LogP contribution in [0.2, 0.25) is 0 Å². The molecule has 0 aromatic carbocycles. The van der Waals surface area contributed by atoms with Gasteiger partial charge in [-0.15, -0.1) is 0 Å². The Labute approximate surface area is 110 Å². The molecule has 1 aliphatic carbocycles. The van der Waals surface area contributed by atoms with E-state index in [1.807, 2.05) is 0 Å². The molecular weight excluding hydrogens is 226 g/mol. The van der Waals surface area contributed by atoms with E-state index >= 15 is 0 Å². The van der Waals surface area contributed by atoms with Gasteiger partial charge in [0.25, 0.3) is 0 Å². The smallest absolute Gasteiger partial charge is 0.231 e. The Balaban J connectivity index is 1.97. The van der Waals surface area contributed by atoms with Crippen LogP contribution < -0.4 is 11.1 Å². The lowest BCUT2D eigenvalue weighted by Crippen LogP contribution is -2.51. The van der Waals surface area contributed by atoms with Gasteiger partial charge in [0.1, 0.15) is 0 Å². The number of nitrogens with zero attached hydrogens (tertiary/aromatic N) is 1. The molecule has 2 fully saturated rings. The van der Waals surface area contributed by atoms with Gasteiger partial charge in [-0.25, -0.2) is 0 Å². The molecule has 0 spiro atoms. The number of hydrogen-bond donors (Lipinski definition) is 2. The number of carbonyl (C=O) groups is 1. The molecule has 3 N–H and O–H groups in total. The molecule has 104 valence electrons. The minimum Gasteiger partial charge on any atom is -0.369 e. The molecule has 0 unspecified atom stereocenters. The Bertz CT molecular complexity index is 268. The van der Waals surface area contributed by atoms with Crippen molar-refractivity contribution >= 4 is 5.91 Å². The number of carbonyl (C=O) groups excluding carboxylic acids is 1. The molecule has 1 saturated heterocycles. The van der Waals surface area contributed by atoms with Gasteiger partial charge in [-0.1, -0.05) is 6.92 Å². The van der Waals surface area contributed by atoms with Crippen LogP contribution in [0.3, 0.4) is 0 Å². The highest BCUT2D eigenvalue weighted by Crippen LogP contribution is 2.29. The number of rotatable bonds is 4.